The molecule has 0 aromatic heterocycles. The van der Waals surface area contributed by atoms with Crippen LogP contribution in [0.5, 0.6) is 0 Å². The van der Waals surface area contributed by atoms with Crippen molar-refractivity contribution < 1.29 is 18.9 Å². The number of unbranched alkanes of at least 4 members (excludes halogenated alkanes) is 12. The van der Waals surface area contributed by atoms with Crippen molar-refractivity contribution in [2.75, 3.05) is 59.4 Å². The summed E-state index contributed by atoms with van der Waals surface area (Å²) in [6, 6.07) is 0. The summed E-state index contributed by atoms with van der Waals surface area (Å²) in [7, 11) is 0. The fourth-order valence-electron chi connectivity index (χ4n) is 3.24. The fraction of sp³-hybridized carbons (Fsp3) is 1.00. The van der Waals surface area contributed by atoms with Crippen LogP contribution in [-0.4, -0.2) is 59.4 Å². The molecule has 0 aromatic carbocycles. The summed E-state index contributed by atoms with van der Waals surface area (Å²) in [5.41, 5.74) is 8.20. The minimum atomic E-state index is 0.619. The summed E-state index contributed by atoms with van der Waals surface area (Å²) in [5.74, 6) is 0. The summed E-state index contributed by atoms with van der Waals surface area (Å²) in [5, 5.41) is 3.56. The minimum Gasteiger partial charge on any atom is -0.379 e. The molecule has 0 unspecified atom stereocenters. The third-order valence-electron chi connectivity index (χ3n) is 5.12. The zero-order valence-corrected chi connectivity index (χ0v) is 20.2. The molecule has 0 heterocycles. The van der Waals surface area contributed by atoms with Crippen LogP contribution < -0.4 is 0 Å². The Labute approximate surface area is 191 Å². The van der Waals surface area contributed by atoms with E-state index in [0.29, 0.717) is 46.2 Å². The first kappa shape index (κ1) is 30.1. The SMILES string of the molecule is CCCCCCOCCOCCOCCOCCCCCCCCCCCCN=[N+]=[N-]. The molecule has 0 saturated carbocycles. The van der Waals surface area contributed by atoms with E-state index >= 15 is 0 Å². The largest absolute Gasteiger partial charge is 0.379 e. The third-order valence-corrected chi connectivity index (χ3v) is 5.12. The molecule has 7 heteroatoms. The maximum absolute atomic E-state index is 8.20. The van der Waals surface area contributed by atoms with Gasteiger partial charge in [0.25, 0.3) is 0 Å². The first-order valence-corrected chi connectivity index (χ1v) is 12.7. The molecule has 0 radical (unpaired) electrons. The van der Waals surface area contributed by atoms with Crippen LogP contribution in [-0.2, 0) is 18.9 Å². The summed E-state index contributed by atoms with van der Waals surface area (Å²) in [6.07, 6.45) is 17.4. The van der Waals surface area contributed by atoms with Crippen LogP contribution in [0.4, 0.5) is 0 Å². The lowest BCUT2D eigenvalue weighted by Crippen LogP contribution is -2.12. The van der Waals surface area contributed by atoms with Gasteiger partial charge in [0.2, 0.25) is 0 Å². The lowest BCUT2D eigenvalue weighted by Gasteiger charge is -2.07. The quantitative estimate of drug-likeness (QED) is 0.0601. The van der Waals surface area contributed by atoms with Gasteiger partial charge in [-0.1, -0.05) is 82.7 Å². The van der Waals surface area contributed by atoms with Crippen molar-refractivity contribution >= 4 is 0 Å². The molecule has 0 aromatic rings. The van der Waals surface area contributed by atoms with E-state index in [2.05, 4.69) is 16.9 Å². The van der Waals surface area contributed by atoms with Crippen LogP contribution in [0.25, 0.3) is 10.4 Å². The number of nitrogens with zero attached hydrogens (tertiary/aromatic N) is 3. The van der Waals surface area contributed by atoms with E-state index in [9.17, 15) is 0 Å². The second-order valence-electron chi connectivity index (χ2n) is 8.00. The smallest absolute Gasteiger partial charge is 0.0701 e. The topological polar surface area (TPSA) is 85.7 Å². The molecule has 0 saturated heterocycles. The normalized spacial score (nSPS) is 11.0. The maximum atomic E-state index is 8.20. The molecule has 0 amide bonds. The lowest BCUT2D eigenvalue weighted by atomic mass is 10.1. The third kappa shape index (κ3) is 29.1. The van der Waals surface area contributed by atoms with E-state index in [1.54, 1.807) is 0 Å². The predicted molar refractivity (Wildman–Crippen MR) is 128 cm³/mol. The van der Waals surface area contributed by atoms with Gasteiger partial charge in [-0.2, -0.15) is 0 Å². The van der Waals surface area contributed by atoms with Crippen LogP contribution in [0, 0.1) is 0 Å². The Morgan fingerprint density at radius 2 is 0.839 bits per heavy atom. The number of rotatable bonds is 27. The highest BCUT2D eigenvalue weighted by Gasteiger charge is 1.95. The van der Waals surface area contributed by atoms with Gasteiger partial charge in [-0.25, -0.2) is 0 Å². The van der Waals surface area contributed by atoms with E-state index in [4.69, 9.17) is 24.5 Å². The molecule has 0 spiro atoms. The minimum absolute atomic E-state index is 0.619. The Kier molecular flexibility index (Phi) is 28.4. The number of hydrogen-bond acceptors (Lipinski definition) is 5. The Morgan fingerprint density at radius 1 is 0.484 bits per heavy atom. The summed E-state index contributed by atoms with van der Waals surface area (Å²) >= 11 is 0. The zero-order valence-electron chi connectivity index (χ0n) is 20.2. The number of azide groups is 1. The Morgan fingerprint density at radius 3 is 1.26 bits per heavy atom. The van der Waals surface area contributed by atoms with Crippen molar-refractivity contribution in [2.24, 2.45) is 5.11 Å². The van der Waals surface area contributed by atoms with Crippen LogP contribution in [0.3, 0.4) is 0 Å². The van der Waals surface area contributed by atoms with Crippen molar-refractivity contribution in [2.45, 2.75) is 96.8 Å². The molecular formula is C24H49N3O4. The lowest BCUT2D eigenvalue weighted by molar-refractivity contribution is -0.00248. The van der Waals surface area contributed by atoms with E-state index in [1.165, 1.54) is 70.6 Å². The Balaban J connectivity index is 3.00. The van der Waals surface area contributed by atoms with Crippen LogP contribution >= 0.6 is 0 Å². The van der Waals surface area contributed by atoms with Gasteiger partial charge in [0.15, 0.2) is 0 Å². The number of hydrogen-bond donors (Lipinski definition) is 0. The van der Waals surface area contributed by atoms with Crippen molar-refractivity contribution in [3.63, 3.8) is 0 Å². The van der Waals surface area contributed by atoms with Crippen LogP contribution in [0.1, 0.15) is 96.8 Å². The van der Waals surface area contributed by atoms with Crippen molar-refractivity contribution in [3.05, 3.63) is 10.4 Å². The average molecular weight is 444 g/mol. The van der Waals surface area contributed by atoms with Gasteiger partial charge in [-0.3, -0.25) is 0 Å². The molecule has 0 atom stereocenters. The molecule has 0 fully saturated rings. The molecule has 31 heavy (non-hydrogen) atoms. The second kappa shape index (κ2) is 29.1. The van der Waals surface area contributed by atoms with Gasteiger partial charge in [0.1, 0.15) is 0 Å². The standard InChI is InChI=1S/C24H49N3O4/c1-2-3-4-14-17-28-19-21-30-23-24-31-22-20-29-18-15-12-10-8-6-5-7-9-11-13-16-26-27-25/h2-24H2,1H3. The fourth-order valence-corrected chi connectivity index (χ4v) is 3.24. The van der Waals surface area contributed by atoms with Gasteiger partial charge >= 0.3 is 0 Å². The molecule has 0 N–H and O–H groups in total. The Bertz CT molecular complexity index is 380. The van der Waals surface area contributed by atoms with Crippen LogP contribution in [0.15, 0.2) is 5.11 Å². The molecule has 0 aliphatic carbocycles. The molecule has 0 rings (SSSR count). The maximum Gasteiger partial charge on any atom is 0.0701 e. The summed E-state index contributed by atoms with van der Waals surface area (Å²) in [4.78, 5) is 2.77. The van der Waals surface area contributed by atoms with Crippen molar-refractivity contribution in [1.82, 2.24) is 0 Å². The van der Waals surface area contributed by atoms with E-state index < -0.39 is 0 Å². The Hall–Kier alpha value is -0.850. The van der Waals surface area contributed by atoms with Gasteiger partial charge in [0, 0.05) is 24.7 Å². The van der Waals surface area contributed by atoms with Crippen molar-refractivity contribution in [3.8, 4) is 0 Å². The van der Waals surface area contributed by atoms with Gasteiger partial charge < -0.3 is 18.9 Å². The molecule has 184 valence electrons. The van der Waals surface area contributed by atoms with Gasteiger partial charge in [-0.15, -0.1) is 0 Å². The summed E-state index contributed by atoms with van der Waals surface area (Å²) in [6.45, 7) is 8.41. The van der Waals surface area contributed by atoms with Gasteiger partial charge in [-0.05, 0) is 24.8 Å². The van der Waals surface area contributed by atoms with Crippen LogP contribution in [0.2, 0.25) is 0 Å². The first-order chi connectivity index (χ1) is 15.4. The zero-order chi connectivity index (χ0) is 22.5. The monoisotopic (exact) mass is 443 g/mol. The van der Waals surface area contributed by atoms with E-state index in [1.807, 2.05) is 0 Å². The molecule has 0 bridgehead atoms. The molecule has 7 nitrogen and oxygen atoms in total. The molecule has 0 aliphatic rings. The second-order valence-corrected chi connectivity index (χ2v) is 8.00. The van der Waals surface area contributed by atoms with E-state index in [0.717, 1.165) is 32.5 Å². The highest BCUT2D eigenvalue weighted by Crippen LogP contribution is 2.10. The highest BCUT2D eigenvalue weighted by atomic mass is 16.6. The average Bonchev–Trinajstić information content (AvgIpc) is 2.78. The number of ether oxygens (including phenoxy) is 4. The molecule has 0 aliphatic heterocycles. The molecular weight excluding hydrogens is 394 g/mol. The van der Waals surface area contributed by atoms with Crippen molar-refractivity contribution in [1.29, 1.82) is 0 Å². The predicted octanol–water partition coefficient (Wildman–Crippen LogP) is 6.84. The van der Waals surface area contributed by atoms with E-state index in [-0.39, 0.29) is 0 Å². The highest BCUT2D eigenvalue weighted by molar-refractivity contribution is 4.51. The van der Waals surface area contributed by atoms with Gasteiger partial charge in [0.05, 0.1) is 39.6 Å². The first-order valence-electron chi connectivity index (χ1n) is 12.7. The summed E-state index contributed by atoms with van der Waals surface area (Å²) < 4.78 is 22.1.